The first-order valence-electron chi connectivity index (χ1n) is 30.8. The first kappa shape index (κ1) is 67.1. The predicted octanol–water partition coefficient (Wildman–Crippen LogP) is 19.2. The van der Waals surface area contributed by atoms with Crippen molar-refractivity contribution >= 4 is 11.9 Å². The average molecular weight is 971 g/mol. The summed E-state index contributed by atoms with van der Waals surface area (Å²) in [4.78, 5) is 24.5. The minimum Gasteiger partial charge on any atom is -0.465 e. The number of esters is 1. The van der Waals surface area contributed by atoms with Crippen molar-refractivity contribution < 1.29 is 24.5 Å². The lowest BCUT2D eigenvalue weighted by Gasteiger charge is -2.20. The van der Waals surface area contributed by atoms with E-state index in [0.717, 1.165) is 51.4 Å². The second-order valence-electron chi connectivity index (χ2n) is 21.0. The fourth-order valence-electron chi connectivity index (χ4n) is 9.47. The third kappa shape index (κ3) is 55.2. The molecule has 0 bridgehead atoms. The fraction of sp³-hybridized carbons (Fsp3) is 0.873. The van der Waals surface area contributed by atoms with E-state index >= 15 is 0 Å². The van der Waals surface area contributed by atoms with E-state index in [1.54, 1.807) is 6.08 Å². The summed E-state index contributed by atoms with van der Waals surface area (Å²) in [7, 11) is 0. The summed E-state index contributed by atoms with van der Waals surface area (Å²) >= 11 is 0. The number of carbonyl (C=O) groups is 2. The molecule has 6 heteroatoms. The number of aliphatic hydroxyl groups excluding tert-OH is 2. The summed E-state index contributed by atoms with van der Waals surface area (Å²) in [5, 5.41) is 23.1. The van der Waals surface area contributed by atoms with Crippen molar-refractivity contribution in [2.45, 2.75) is 341 Å². The monoisotopic (exact) mass is 970 g/mol. The number of unbranched alkanes of at least 4 members (excludes halogenated alkanes) is 42. The molecule has 69 heavy (non-hydrogen) atoms. The van der Waals surface area contributed by atoms with Crippen LogP contribution in [0.3, 0.4) is 0 Å². The zero-order valence-electron chi connectivity index (χ0n) is 46.3. The number of hydrogen-bond donors (Lipinski definition) is 3. The molecule has 0 saturated carbocycles. The fourth-order valence-corrected chi connectivity index (χ4v) is 9.47. The van der Waals surface area contributed by atoms with Crippen molar-refractivity contribution in [3.63, 3.8) is 0 Å². The van der Waals surface area contributed by atoms with Gasteiger partial charge >= 0.3 is 5.97 Å². The van der Waals surface area contributed by atoms with Crippen LogP contribution in [0.25, 0.3) is 0 Å². The quantitative estimate of drug-likeness (QED) is 0.0321. The Hall–Kier alpha value is -1.92. The molecule has 1 amide bonds. The smallest absolute Gasteiger partial charge is 0.305 e. The highest BCUT2D eigenvalue weighted by atomic mass is 16.5. The molecule has 6 nitrogen and oxygen atoms in total. The Morgan fingerprint density at radius 2 is 0.725 bits per heavy atom. The summed E-state index contributed by atoms with van der Waals surface area (Å²) in [6.45, 7) is 4.81. The van der Waals surface area contributed by atoms with Gasteiger partial charge in [-0.05, 0) is 51.4 Å². The van der Waals surface area contributed by atoms with Crippen molar-refractivity contribution in [3.05, 3.63) is 36.5 Å². The van der Waals surface area contributed by atoms with Crippen LogP contribution in [-0.2, 0) is 14.3 Å². The van der Waals surface area contributed by atoms with Gasteiger partial charge in [-0.3, -0.25) is 9.59 Å². The molecule has 0 aromatic rings. The highest BCUT2D eigenvalue weighted by Crippen LogP contribution is 2.17. The van der Waals surface area contributed by atoms with Crippen LogP contribution < -0.4 is 5.32 Å². The number of nitrogens with one attached hydrogen (secondary N) is 1. The molecule has 0 radical (unpaired) electrons. The van der Waals surface area contributed by atoms with Crippen molar-refractivity contribution in [1.82, 2.24) is 5.32 Å². The molecule has 406 valence electrons. The Kier molecular flexibility index (Phi) is 57.0. The third-order valence-corrected chi connectivity index (χ3v) is 14.2. The van der Waals surface area contributed by atoms with E-state index in [4.69, 9.17) is 4.74 Å². The van der Waals surface area contributed by atoms with Crippen molar-refractivity contribution in [3.8, 4) is 0 Å². The van der Waals surface area contributed by atoms with Crippen LogP contribution in [0.1, 0.15) is 328 Å². The summed E-state index contributed by atoms with van der Waals surface area (Å²) in [5.74, 6) is -0.104. The highest BCUT2D eigenvalue weighted by molar-refractivity contribution is 5.76. The number of rotatable bonds is 57. The molecule has 0 aliphatic heterocycles. The molecule has 2 atom stereocenters. The van der Waals surface area contributed by atoms with Crippen LogP contribution in [0.2, 0.25) is 0 Å². The molecule has 0 aromatic heterocycles. The molecule has 0 aromatic carbocycles. The van der Waals surface area contributed by atoms with E-state index in [2.05, 4.69) is 43.5 Å². The van der Waals surface area contributed by atoms with Crippen molar-refractivity contribution in [1.29, 1.82) is 0 Å². The van der Waals surface area contributed by atoms with Gasteiger partial charge in [0.2, 0.25) is 5.91 Å². The van der Waals surface area contributed by atoms with Gasteiger partial charge in [0.25, 0.3) is 0 Å². The van der Waals surface area contributed by atoms with Crippen LogP contribution in [0.5, 0.6) is 0 Å². The third-order valence-electron chi connectivity index (χ3n) is 14.2. The molecule has 0 rings (SSSR count). The average Bonchev–Trinajstić information content (AvgIpc) is 3.35. The van der Waals surface area contributed by atoms with Gasteiger partial charge in [-0.2, -0.15) is 0 Å². The topological polar surface area (TPSA) is 95.9 Å². The minimum atomic E-state index is -0.847. The summed E-state index contributed by atoms with van der Waals surface area (Å²) in [6.07, 6.45) is 73.4. The van der Waals surface area contributed by atoms with Crippen molar-refractivity contribution in [2.24, 2.45) is 0 Å². The minimum absolute atomic E-state index is 0.0319. The van der Waals surface area contributed by atoms with Gasteiger partial charge in [0, 0.05) is 12.8 Å². The van der Waals surface area contributed by atoms with E-state index < -0.39 is 12.1 Å². The molecule has 2 unspecified atom stereocenters. The normalized spacial score (nSPS) is 12.8. The lowest BCUT2D eigenvalue weighted by molar-refractivity contribution is -0.143. The second-order valence-corrected chi connectivity index (χ2v) is 21.0. The SMILES string of the molecule is CCCCCCCCCCCCCC/C=C/C(O)C(CO)NC(=O)CCCCCCCCCCCCCCCC/C=C\C/C=C\CCOC(=O)CCCCCCCCCCCCCCCCCCC. The first-order chi connectivity index (χ1) is 34.0. The first-order valence-corrected chi connectivity index (χ1v) is 30.8. The maximum atomic E-state index is 12.5. The van der Waals surface area contributed by atoms with Crippen molar-refractivity contribution in [2.75, 3.05) is 13.2 Å². The van der Waals surface area contributed by atoms with Gasteiger partial charge in [0.1, 0.15) is 0 Å². The molecule has 0 aliphatic rings. The van der Waals surface area contributed by atoms with E-state index in [1.807, 2.05) is 6.08 Å². The van der Waals surface area contributed by atoms with Crippen LogP contribution in [0.15, 0.2) is 36.5 Å². The Bertz CT molecular complexity index is 1120. The van der Waals surface area contributed by atoms with Crippen LogP contribution in [0, 0.1) is 0 Å². The number of carbonyl (C=O) groups excluding carboxylic acids is 2. The largest absolute Gasteiger partial charge is 0.465 e. The highest BCUT2D eigenvalue weighted by Gasteiger charge is 2.18. The van der Waals surface area contributed by atoms with Crippen LogP contribution in [0.4, 0.5) is 0 Å². The molecule has 0 saturated heterocycles. The van der Waals surface area contributed by atoms with E-state index in [1.165, 1.54) is 250 Å². The summed E-state index contributed by atoms with van der Waals surface area (Å²) in [6, 6.07) is -0.631. The van der Waals surface area contributed by atoms with E-state index in [0.29, 0.717) is 19.4 Å². The molecule has 0 spiro atoms. The maximum Gasteiger partial charge on any atom is 0.305 e. The molecular weight excluding hydrogens is 851 g/mol. The van der Waals surface area contributed by atoms with Gasteiger partial charge < -0.3 is 20.3 Å². The lowest BCUT2D eigenvalue weighted by Crippen LogP contribution is -2.45. The maximum absolute atomic E-state index is 12.5. The Morgan fingerprint density at radius 3 is 1.10 bits per heavy atom. The Morgan fingerprint density at radius 1 is 0.406 bits per heavy atom. The molecule has 0 aliphatic carbocycles. The molecular formula is C63H119NO5. The zero-order chi connectivity index (χ0) is 50.0. The number of allylic oxidation sites excluding steroid dienone is 4. The number of amides is 1. The second kappa shape index (κ2) is 58.6. The van der Waals surface area contributed by atoms with Gasteiger partial charge in [-0.15, -0.1) is 0 Å². The zero-order valence-corrected chi connectivity index (χ0v) is 46.3. The Balaban J connectivity index is 3.45. The Labute approximate surface area is 430 Å². The molecule has 0 fully saturated rings. The lowest BCUT2D eigenvalue weighted by atomic mass is 10.0. The van der Waals surface area contributed by atoms with Gasteiger partial charge in [0.15, 0.2) is 0 Å². The van der Waals surface area contributed by atoms with Gasteiger partial charge in [0.05, 0.1) is 25.4 Å². The molecule has 0 heterocycles. The van der Waals surface area contributed by atoms with Gasteiger partial charge in [-0.1, -0.05) is 301 Å². The standard InChI is InChI=1S/C63H119NO5/c1-3-5-7-9-11-13-15-17-19-25-29-33-37-41-45-49-53-57-63(68)69-58-54-50-46-42-38-34-30-27-24-22-20-21-23-26-28-32-36-40-44-48-52-56-62(67)64-60(59-65)61(66)55-51-47-43-39-35-31-18-16-14-12-10-8-6-4-2/h34,38,46,50-51,55,60-61,65-66H,3-33,35-37,39-45,47-49,52-54,56-59H2,1-2H3,(H,64,67)/b38-34-,50-46-,55-51+. The summed E-state index contributed by atoms with van der Waals surface area (Å²) < 4.78 is 5.43. The van der Waals surface area contributed by atoms with E-state index in [9.17, 15) is 19.8 Å². The van der Waals surface area contributed by atoms with E-state index in [-0.39, 0.29) is 18.5 Å². The van der Waals surface area contributed by atoms with Crippen LogP contribution in [-0.4, -0.2) is 47.4 Å². The predicted molar refractivity (Wildman–Crippen MR) is 301 cm³/mol. The molecule has 3 N–H and O–H groups in total. The van der Waals surface area contributed by atoms with Gasteiger partial charge in [-0.25, -0.2) is 0 Å². The number of aliphatic hydroxyl groups is 2. The number of hydrogen-bond acceptors (Lipinski definition) is 5. The summed E-state index contributed by atoms with van der Waals surface area (Å²) in [5.41, 5.74) is 0. The number of ether oxygens (including phenoxy) is 1. The van der Waals surface area contributed by atoms with Crippen LogP contribution >= 0.6 is 0 Å².